The summed E-state index contributed by atoms with van der Waals surface area (Å²) in [6.45, 7) is 0. The van der Waals surface area contributed by atoms with Crippen molar-refractivity contribution in [3.63, 3.8) is 0 Å². The molecule has 0 spiro atoms. The topological polar surface area (TPSA) is 49.8 Å². The SMILES string of the molecule is N#CC(Br)c1noc2ccccc12. The number of aromatic nitrogens is 1. The standard InChI is InChI=1S/C9H5BrN2O/c10-7(5-11)9-6-3-1-2-4-8(6)13-12-9/h1-4,7H. The number of hydrogen-bond acceptors (Lipinski definition) is 3. The molecule has 3 nitrogen and oxygen atoms in total. The van der Waals surface area contributed by atoms with Crippen LogP contribution >= 0.6 is 15.9 Å². The highest BCUT2D eigenvalue weighted by Gasteiger charge is 2.14. The van der Waals surface area contributed by atoms with Crippen molar-refractivity contribution >= 4 is 26.9 Å². The number of rotatable bonds is 1. The third-order valence-electron chi connectivity index (χ3n) is 1.76. The van der Waals surface area contributed by atoms with E-state index in [1.165, 1.54) is 0 Å². The fraction of sp³-hybridized carbons (Fsp3) is 0.111. The van der Waals surface area contributed by atoms with Crippen LogP contribution in [0.15, 0.2) is 28.8 Å². The maximum Gasteiger partial charge on any atom is 0.167 e. The van der Waals surface area contributed by atoms with E-state index in [1.807, 2.05) is 24.3 Å². The molecular formula is C9H5BrN2O. The summed E-state index contributed by atoms with van der Waals surface area (Å²) in [4.78, 5) is -0.406. The second kappa shape index (κ2) is 3.19. The summed E-state index contributed by atoms with van der Waals surface area (Å²) < 4.78 is 5.04. The summed E-state index contributed by atoms with van der Waals surface area (Å²) >= 11 is 3.20. The summed E-state index contributed by atoms with van der Waals surface area (Å²) in [6, 6.07) is 9.51. The van der Waals surface area contributed by atoms with Crippen LogP contribution in [0.5, 0.6) is 0 Å². The highest BCUT2D eigenvalue weighted by Crippen LogP contribution is 2.27. The predicted octanol–water partition coefficient (Wildman–Crippen LogP) is 2.79. The summed E-state index contributed by atoms with van der Waals surface area (Å²) in [6.07, 6.45) is 0. The first-order valence-electron chi connectivity index (χ1n) is 3.71. The molecular weight excluding hydrogens is 232 g/mol. The van der Waals surface area contributed by atoms with E-state index in [9.17, 15) is 0 Å². The van der Waals surface area contributed by atoms with Crippen LogP contribution in [-0.2, 0) is 0 Å². The van der Waals surface area contributed by atoms with Gasteiger partial charge in [-0.3, -0.25) is 0 Å². The van der Waals surface area contributed by atoms with Gasteiger partial charge in [-0.25, -0.2) is 0 Å². The lowest BCUT2D eigenvalue weighted by molar-refractivity contribution is 0.448. The quantitative estimate of drug-likeness (QED) is 0.716. The molecule has 0 aliphatic rings. The Kier molecular flexibility index (Phi) is 2.03. The fourth-order valence-electron chi connectivity index (χ4n) is 1.15. The van der Waals surface area contributed by atoms with Crippen LogP contribution in [-0.4, -0.2) is 5.16 Å². The van der Waals surface area contributed by atoms with Crippen LogP contribution in [0.2, 0.25) is 0 Å². The third-order valence-corrected chi connectivity index (χ3v) is 2.40. The second-order valence-corrected chi connectivity index (χ2v) is 3.47. The van der Waals surface area contributed by atoms with Gasteiger partial charge in [-0.05, 0) is 12.1 Å². The molecule has 2 aromatic rings. The molecule has 0 amide bonds. The van der Waals surface area contributed by atoms with Crippen LogP contribution in [0.4, 0.5) is 0 Å². The summed E-state index contributed by atoms with van der Waals surface area (Å²) in [5.74, 6) is 0. The van der Waals surface area contributed by atoms with Crippen molar-refractivity contribution in [3.05, 3.63) is 30.0 Å². The lowest BCUT2D eigenvalue weighted by Crippen LogP contribution is -1.85. The minimum absolute atomic E-state index is 0.406. The van der Waals surface area contributed by atoms with Crippen LogP contribution in [0.3, 0.4) is 0 Å². The van der Waals surface area contributed by atoms with Crippen molar-refractivity contribution in [3.8, 4) is 6.07 Å². The molecule has 1 heterocycles. The third kappa shape index (κ3) is 1.31. The second-order valence-electron chi connectivity index (χ2n) is 2.56. The molecule has 0 aliphatic heterocycles. The van der Waals surface area contributed by atoms with Gasteiger partial charge in [-0.1, -0.05) is 33.2 Å². The molecule has 0 N–H and O–H groups in total. The van der Waals surface area contributed by atoms with Gasteiger partial charge < -0.3 is 4.52 Å². The highest BCUT2D eigenvalue weighted by molar-refractivity contribution is 9.09. The number of nitrogens with zero attached hydrogens (tertiary/aromatic N) is 2. The van der Waals surface area contributed by atoms with Gasteiger partial charge in [0.05, 0.1) is 6.07 Å². The summed E-state index contributed by atoms with van der Waals surface area (Å²) in [7, 11) is 0. The molecule has 0 radical (unpaired) electrons. The minimum Gasteiger partial charge on any atom is -0.356 e. The van der Waals surface area contributed by atoms with E-state index in [-0.39, 0.29) is 0 Å². The molecule has 1 unspecified atom stereocenters. The molecule has 64 valence electrons. The van der Waals surface area contributed by atoms with E-state index in [0.717, 1.165) is 5.39 Å². The average molecular weight is 237 g/mol. The van der Waals surface area contributed by atoms with E-state index in [0.29, 0.717) is 11.3 Å². The Morgan fingerprint density at radius 3 is 3.00 bits per heavy atom. The van der Waals surface area contributed by atoms with Gasteiger partial charge in [0.1, 0.15) is 10.5 Å². The Hall–Kier alpha value is -1.34. The molecule has 1 aromatic heterocycles. The molecule has 0 bridgehead atoms. The maximum atomic E-state index is 8.69. The van der Waals surface area contributed by atoms with Crippen molar-refractivity contribution < 1.29 is 4.52 Å². The number of fused-ring (bicyclic) bond motifs is 1. The Morgan fingerprint density at radius 1 is 1.46 bits per heavy atom. The number of halogens is 1. The Labute approximate surface area is 83.1 Å². The van der Waals surface area contributed by atoms with Gasteiger partial charge >= 0.3 is 0 Å². The normalized spacial score (nSPS) is 12.6. The van der Waals surface area contributed by atoms with Crippen LogP contribution in [0.1, 0.15) is 10.5 Å². The van der Waals surface area contributed by atoms with E-state index >= 15 is 0 Å². The minimum atomic E-state index is -0.406. The lowest BCUT2D eigenvalue weighted by Gasteiger charge is -1.92. The fourth-order valence-corrected chi connectivity index (χ4v) is 1.48. The van der Waals surface area contributed by atoms with E-state index in [2.05, 4.69) is 27.2 Å². The van der Waals surface area contributed by atoms with Crippen LogP contribution in [0, 0.1) is 11.3 Å². The first-order chi connectivity index (χ1) is 6.33. The van der Waals surface area contributed by atoms with E-state index in [4.69, 9.17) is 9.78 Å². The van der Waals surface area contributed by atoms with Gasteiger partial charge in [0, 0.05) is 5.39 Å². The largest absolute Gasteiger partial charge is 0.356 e. The number of alkyl halides is 1. The molecule has 0 saturated carbocycles. The first-order valence-corrected chi connectivity index (χ1v) is 4.62. The van der Waals surface area contributed by atoms with Crippen LogP contribution in [0.25, 0.3) is 11.0 Å². The Morgan fingerprint density at radius 2 is 2.23 bits per heavy atom. The van der Waals surface area contributed by atoms with Gasteiger partial charge in [-0.2, -0.15) is 5.26 Å². The zero-order valence-electron chi connectivity index (χ0n) is 6.57. The number of benzene rings is 1. The number of para-hydroxylation sites is 1. The van der Waals surface area contributed by atoms with Gasteiger partial charge in [0.25, 0.3) is 0 Å². The highest BCUT2D eigenvalue weighted by atomic mass is 79.9. The maximum absolute atomic E-state index is 8.69. The molecule has 13 heavy (non-hydrogen) atoms. The van der Waals surface area contributed by atoms with Gasteiger partial charge in [0.2, 0.25) is 0 Å². The van der Waals surface area contributed by atoms with Crippen molar-refractivity contribution in [2.24, 2.45) is 0 Å². The van der Waals surface area contributed by atoms with Gasteiger partial charge in [-0.15, -0.1) is 0 Å². The molecule has 0 fully saturated rings. The number of hydrogen-bond donors (Lipinski definition) is 0. The molecule has 0 aliphatic carbocycles. The average Bonchev–Trinajstić information content (AvgIpc) is 2.60. The predicted molar refractivity (Wildman–Crippen MR) is 51.3 cm³/mol. The molecule has 0 saturated heterocycles. The first kappa shape index (κ1) is 8.27. The Balaban J connectivity index is 2.66. The van der Waals surface area contributed by atoms with Crippen molar-refractivity contribution in [1.29, 1.82) is 5.26 Å². The monoisotopic (exact) mass is 236 g/mol. The zero-order valence-corrected chi connectivity index (χ0v) is 8.15. The summed E-state index contributed by atoms with van der Waals surface area (Å²) in [5, 5.41) is 13.4. The molecule has 2 rings (SSSR count). The molecule has 1 aromatic carbocycles. The van der Waals surface area contributed by atoms with E-state index in [1.54, 1.807) is 0 Å². The smallest absolute Gasteiger partial charge is 0.167 e. The number of nitriles is 1. The van der Waals surface area contributed by atoms with Gasteiger partial charge in [0.15, 0.2) is 5.58 Å². The van der Waals surface area contributed by atoms with Crippen LogP contribution < -0.4 is 0 Å². The van der Waals surface area contributed by atoms with Crippen molar-refractivity contribution in [2.45, 2.75) is 4.83 Å². The molecule has 1 atom stereocenters. The van der Waals surface area contributed by atoms with Crippen molar-refractivity contribution in [2.75, 3.05) is 0 Å². The van der Waals surface area contributed by atoms with Crippen molar-refractivity contribution in [1.82, 2.24) is 5.16 Å². The lowest BCUT2D eigenvalue weighted by atomic mass is 10.2. The Bertz CT molecular complexity index is 472. The zero-order chi connectivity index (χ0) is 9.26. The van der Waals surface area contributed by atoms with E-state index < -0.39 is 4.83 Å². The molecule has 4 heteroatoms. The summed E-state index contributed by atoms with van der Waals surface area (Å²) in [5.41, 5.74) is 1.34.